The molecule has 0 saturated heterocycles. The first-order valence-corrected chi connectivity index (χ1v) is 6.17. The maximum Gasteiger partial charge on any atom is 0.416 e. The Bertz CT molecular complexity index is 528. The van der Waals surface area contributed by atoms with Gasteiger partial charge in [-0.3, -0.25) is 0 Å². The van der Waals surface area contributed by atoms with Gasteiger partial charge < -0.3 is 0 Å². The Morgan fingerprint density at radius 3 is 2.15 bits per heavy atom. The largest absolute Gasteiger partial charge is 0.416 e. The average Bonchev–Trinajstić information content (AvgIpc) is 2.42. The molecule has 0 radical (unpaired) electrons. The molecular formula is C17H17F3. The van der Waals surface area contributed by atoms with Gasteiger partial charge in [0.1, 0.15) is 0 Å². The van der Waals surface area contributed by atoms with Crippen LogP contribution in [0.3, 0.4) is 0 Å². The van der Waals surface area contributed by atoms with Crippen LogP contribution in [0, 0.1) is 0 Å². The van der Waals surface area contributed by atoms with E-state index in [1.54, 1.807) is 12.2 Å². The van der Waals surface area contributed by atoms with Gasteiger partial charge in [-0.25, -0.2) is 0 Å². The van der Waals surface area contributed by atoms with Crippen LogP contribution in [0.5, 0.6) is 0 Å². The van der Waals surface area contributed by atoms with Crippen LogP contribution in [0.2, 0.25) is 0 Å². The highest BCUT2D eigenvalue weighted by Crippen LogP contribution is 2.30. The van der Waals surface area contributed by atoms with Crippen LogP contribution in [0.4, 0.5) is 13.2 Å². The summed E-state index contributed by atoms with van der Waals surface area (Å²) < 4.78 is 37.4. The number of alkyl halides is 3. The lowest BCUT2D eigenvalue weighted by Gasteiger charge is -2.07. The molecule has 106 valence electrons. The van der Waals surface area contributed by atoms with Crippen molar-refractivity contribution in [3.8, 4) is 0 Å². The third-order valence-electron chi connectivity index (χ3n) is 2.86. The lowest BCUT2D eigenvalue weighted by molar-refractivity contribution is -0.137. The van der Waals surface area contributed by atoms with Crippen molar-refractivity contribution >= 4 is 5.57 Å². The Kier molecular flexibility index (Phi) is 5.56. The molecule has 0 nitrogen and oxygen atoms in total. The van der Waals surface area contributed by atoms with Crippen LogP contribution in [0.25, 0.3) is 5.57 Å². The average molecular weight is 278 g/mol. The number of halogens is 3. The maximum absolute atomic E-state index is 12.5. The van der Waals surface area contributed by atoms with Crippen LogP contribution in [0.1, 0.15) is 24.5 Å². The minimum atomic E-state index is -4.30. The maximum atomic E-state index is 12.5. The first kappa shape index (κ1) is 16.0. The predicted molar refractivity (Wildman–Crippen MR) is 78.2 cm³/mol. The molecule has 0 aliphatic carbocycles. The van der Waals surface area contributed by atoms with E-state index in [2.05, 4.69) is 13.2 Å². The zero-order chi connectivity index (χ0) is 15.2. The van der Waals surface area contributed by atoms with Crippen LogP contribution in [0.15, 0.2) is 67.3 Å². The number of hydrogen-bond donors (Lipinski definition) is 0. The molecular weight excluding hydrogens is 261 g/mol. The van der Waals surface area contributed by atoms with E-state index >= 15 is 0 Å². The Hall–Kier alpha value is -2.03. The molecule has 0 aliphatic rings. The summed E-state index contributed by atoms with van der Waals surface area (Å²) in [5, 5.41) is 0. The number of hydrogen-bond acceptors (Lipinski definition) is 0. The summed E-state index contributed by atoms with van der Waals surface area (Å²) in [6.45, 7) is 9.20. The molecule has 0 amide bonds. The van der Waals surface area contributed by atoms with Crippen molar-refractivity contribution in [2.75, 3.05) is 0 Å². The Morgan fingerprint density at radius 2 is 1.70 bits per heavy atom. The second-order valence-electron chi connectivity index (χ2n) is 4.36. The fourth-order valence-electron chi connectivity index (χ4n) is 1.64. The summed E-state index contributed by atoms with van der Waals surface area (Å²) in [4.78, 5) is 0. The third kappa shape index (κ3) is 4.57. The lowest BCUT2D eigenvalue weighted by atomic mass is 10.0. The fourth-order valence-corrected chi connectivity index (χ4v) is 1.64. The SMILES string of the molecule is C=CC/C(C=C)=C\C=C(/C)c1ccc(C(F)(F)F)cc1. The number of benzene rings is 1. The van der Waals surface area contributed by atoms with Crippen molar-refractivity contribution in [1.82, 2.24) is 0 Å². The molecule has 1 aromatic rings. The van der Waals surface area contributed by atoms with E-state index in [9.17, 15) is 13.2 Å². The smallest absolute Gasteiger partial charge is 0.166 e. The summed E-state index contributed by atoms with van der Waals surface area (Å²) in [5.74, 6) is 0. The summed E-state index contributed by atoms with van der Waals surface area (Å²) in [6, 6.07) is 5.14. The van der Waals surface area contributed by atoms with Gasteiger partial charge in [-0.05, 0) is 42.2 Å². The molecule has 0 aromatic heterocycles. The molecule has 1 aromatic carbocycles. The highest BCUT2D eigenvalue weighted by Gasteiger charge is 2.29. The molecule has 20 heavy (non-hydrogen) atoms. The molecule has 0 unspecified atom stereocenters. The Morgan fingerprint density at radius 1 is 1.10 bits per heavy atom. The van der Waals surface area contributed by atoms with E-state index in [1.165, 1.54) is 12.1 Å². The van der Waals surface area contributed by atoms with Gasteiger partial charge in [0.2, 0.25) is 0 Å². The standard InChI is InChI=1S/C17H17F3/c1-4-6-14(5-2)8-7-13(3)15-9-11-16(12-10-15)17(18,19)20/h4-5,7-12H,1-2,6H2,3H3/b13-7+,14-8-. The summed E-state index contributed by atoms with van der Waals surface area (Å²) in [6.07, 6.45) is 3.67. The zero-order valence-corrected chi connectivity index (χ0v) is 11.4. The molecule has 0 atom stereocenters. The zero-order valence-electron chi connectivity index (χ0n) is 11.4. The normalized spacial score (nSPS) is 13.2. The van der Waals surface area contributed by atoms with Crippen molar-refractivity contribution in [2.24, 2.45) is 0 Å². The van der Waals surface area contributed by atoms with Crippen molar-refractivity contribution in [3.05, 3.63) is 78.4 Å². The number of allylic oxidation sites excluding steroid dienone is 6. The van der Waals surface area contributed by atoms with E-state index in [1.807, 2.05) is 19.1 Å². The van der Waals surface area contributed by atoms with Gasteiger partial charge in [-0.15, -0.1) is 6.58 Å². The van der Waals surface area contributed by atoms with Crippen LogP contribution in [-0.4, -0.2) is 0 Å². The van der Waals surface area contributed by atoms with Gasteiger partial charge in [0.25, 0.3) is 0 Å². The highest BCUT2D eigenvalue weighted by atomic mass is 19.4. The van der Waals surface area contributed by atoms with Crippen LogP contribution < -0.4 is 0 Å². The molecule has 0 bridgehead atoms. The van der Waals surface area contributed by atoms with Crippen LogP contribution >= 0.6 is 0 Å². The Labute approximate surface area is 117 Å². The summed E-state index contributed by atoms with van der Waals surface area (Å²) in [7, 11) is 0. The van der Waals surface area contributed by atoms with Gasteiger partial charge in [0, 0.05) is 0 Å². The fraction of sp³-hybridized carbons (Fsp3) is 0.176. The summed E-state index contributed by atoms with van der Waals surface area (Å²) >= 11 is 0. The van der Waals surface area contributed by atoms with E-state index in [0.717, 1.165) is 28.8 Å². The van der Waals surface area contributed by atoms with E-state index in [0.29, 0.717) is 6.42 Å². The second-order valence-corrected chi connectivity index (χ2v) is 4.36. The molecule has 0 N–H and O–H groups in total. The van der Waals surface area contributed by atoms with Crippen molar-refractivity contribution in [1.29, 1.82) is 0 Å². The van der Waals surface area contributed by atoms with Crippen molar-refractivity contribution in [3.63, 3.8) is 0 Å². The summed E-state index contributed by atoms with van der Waals surface area (Å²) in [5.41, 5.74) is 2.02. The lowest BCUT2D eigenvalue weighted by Crippen LogP contribution is -2.04. The van der Waals surface area contributed by atoms with Gasteiger partial charge in [0.15, 0.2) is 0 Å². The van der Waals surface area contributed by atoms with Crippen molar-refractivity contribution in [2.45, 2.75) is 19.5 Å². The molecule has 0 aliphatic heterocycles. The molecule has 0 fully saturated rings. The van der Waals surface area contributed by atoms with E-state index in [-0.39, 0.29) is 0 Å². The van der Waals surface area contributed by atoms with E-state index < -0.39 is 11.7 Å². The quantitative estimate of drug-likeness (QED) is 0.472. The second kappa shape index (κ2) is 6.94. The molecule has 3 heteroatoms. The van der Waals surface area contributed by atoms with Crippen LogP contribution in [-0.2, 0) is 6.18 Å². The monoisotopic (exact) mass is 278 g/mol. The van der Waals surface area contributed by atoms with Gasteiger partial charge in [-0.1, -0.05) is 43.0 Å². The molecule has 1 rings (SSSR count). The van der Waals surface area contributed by atoms with Crippen molar-refractivity contribution < 1.29 is 13.2 Å². The molecule has 0 heterocycles. The molecule has 0 spiro atoms. The minimum absolute atomic E-state index is 0.636. The predicted octanol–water partition coefficient (Wildman–Crippen LogP) is 5.80. The first-order valence-electron chi connectivity index (χ1n) is 6.17. The Balaban J connectivity index is 2.95. The molecule has 0 saturated carbocycles. The first-order chi connectivity index (χ1) is 9.38. The minimum Gasteiger partial charge on any atom is -0.166 e. The van der Waals surface area contributed by atoms with E-state index in [4.69, 9.17) is 0 Å². The third-order valence-corrected chi connectivity index (χ3v) is 2.86. The number of rotatable bonds is 5. The van der Waals surface area contributed by atoms with Gasteiger partial charge >= 0.3 is 6.18 Å². The topological polar surface area (TPSA) is 0 Å². The van der Waals surface area contributed by atoms with Gasteiger partial charge in [0.05, 0.1) is 5.56 Å². The van der Waals surface area contributed by atoms with Gasteiger partial charge in [-0.2, -0.15) is 13.2 Å². The highest BCUT2D eigenvalue weighted by molar-refractivity contribution is 5.65.